The van der Waals surface area contributed by atoms with Crippen molar-refractivity contribution in [1.82, 2.24) is 9.38 Å². The minimum absolute atomic E-state index is 0.310. The molecule has 0 radical (unpaired) electrons. The van der Waals surface area contributed by atoms with Crippen LogP contribution < -0.4 is 0 Å². The molecule has 0 aliphatic heterocycles. The van der Waals surface area contributed by atoms with Crippen molar-refractivity contribution in [2.24, 2.45) is 0 Å². The molecule has 26 heavy (non-hydrogen) atoms. The topological polar surface area (TPSA) is 67.4 Å². The average molecular weight is 370 g/mol. The molecule has 0 saturated heterocycles. The lowest BCUT2D eigenvalue weighted by molar-refractivity contribution is 0.0526. The van der Waals surface area contributed by atoms with Crippen LogP contribution in [-0.4, -0.2) is 22.0 Å². The smallest absolute Gasteiger partial charge is 0.338 e. The maximum atomic E-state index is 12.0. The molecule has 1 aromatic carbocycles. The molecule has 0 atom stereocenters. The van der Waals surface area contributed by atoms with Gasteiger partial charge in [0.15, 0.2) is 0 Å². The summed E-state index contributed by atoms with van der Waals surface area (Å²) in [5.41, 5.74) is 4.68. The van der Waals surface area contributed by atoms with Gasteiger partial charge in [0, 0.05) is 6.20 Å². The Bertz CT molecular complexity index is 1050. The zero-order chi connectivity index (χ0) is 18.8. The van der Waals surface area contributed by atoms with Gasteiger partial charge in [-0.3, -0.25) is 4.40 Å². The number of halogens is 1. The fourth-order valence-corrected chi connectivity index (χ4v) is 3.61. The highest BCUT2D eigenvalue weighted by Crippen LogP contribution is 2.35. The van der Waals surface area contributed by atoms with Gasteiger partial charge in [0.2, 0.25) is 0 Å². The number of imidazole rings is 1. The van der Waals surface area contributed by atoms with Crippen LogP contribution in [0.3, 0.4) is 0 Å². The van der Waals surface area contributed by atoms with E-state index in [1.165, 1.54) is 0 Å². The number of aromatic nitrogens is 2. The van der Waals surface area contributed by atoms with Gasteiger partial charge >= 0.3 is 5.97 Å². The van der Waals surface area contributed by atoms with Gasteiger partial charge in [-0.05, 0) is 49.9 Å². The van der Waals surface area contributed by atoms with Gasteiger partial charge in [0.05, 0.1) is 28.3 Å². The summed E-state index contributed by atoms with van der Waals surface area (Å²) in [5, 5.41) is 10.3. The molecule has 0 bridgehead atoms. The number of rotatable bonds is 5. The highest BCUT2D eigenvalue weighted by Gasteiger charge is 2.20. The zero-order valence-corrected chi connectivity index (χ0v) is 15.9. The molecule has 0 N–H and O–H groups in total. The van der Waals surface area contributed by atoms with Crippen molar-refractivity contribution in [3.63, 3.8) is 0 Å². The Kier molecular flexibility index (Phi) is 5.15. The fraction of sp³-hybridized carbons (Fsp3) is 0.350. The molecule has 2 aromatic heterocycles. The largest absolute Gasteiger partial charge is 0.462 e. The summed E-state index contributed by atoms with van der Waals surface area (Å²) in [6.45, 7) is 6.12. The van der Waals surface area contributed by atoms with E-state index < -0.39 is 5.97 Å². The van der Waals surface area contributed by atoms with E-state index in [1.54, 1.807) is 25.3 Å². The highest BCUT2D eigenvalue weighted by molar-refractivity contribution is 6.36. The summed E-state index contributed by atoms with van der Waals surface area (Å²) in [5.74, 6) is -0.395. The first kappa shape index (κ1) is 18.2. The number of pyridine rings is 1. The monoisotopic (exact) mass is 369 g/mol. The molecule has 2 heterocycles. The second-order valence-corrected chi connectivity index (χ2v) is 6.56. The summed E-state index contributed by atoms with van der Waals surface area (Å²) >= 11 is 6.72. The molecule has 3 rings (SSSR count). The van der Waals surface area contributed by atoms with Gasteiger partial charge < -0.3 is 4.74 Å². The number of benzene rings is 1. The first-order valence-electron chi connectivity index (χ1n) is 8.73. The summed E-state index contributed by atoms with van der Waals surface area (Å²) < 4.78 is 6.88. The van der Waals surface area contributed by atoms with Crippen molar-refractivity contribution in [2.45, 2.75) is 40.0 Å². The number of esters is 1. The summed E-state index contributed by atoms with van der Waals surface area (Å²) in [6.07, 6.45) is 4.62. The predicted octanol–water partition coefficient (Wildman–Crippen LogP) is 4.84. The fourth-order valence-electron chi connectivity index (χ4n) is 3.19. The molecule has 5 nitrogen and oxygen atoms in total. The maximum absolute atomic E-state index is 12.0. The number of nitrogens with zero attached hydrogens (tertiary/aromatic N) is 3. The Morgan fingerprint density at radius 3 is 2.85 bits per heavy atom. The maximum Gasteiger partial charge on any atom is 0.338 e. The Morgan fingerprint density at radius 2 is 2.19 bits per heavy atom. The number of hydrogen-bond donors (Lipinski definition) is 0. The van der Waals surface area contributed by atoms with E-state index in [-0.39, 0.29) is 0 Å². The molecule has 134 valence electrons. The number of nitriles is 1. The molecule has 0 saturated carbocycles. The predicted molar refractivity (Wildman–Crippen MR) is 102 cm³/mol. The molecule has 3 aromatic rings. The molecule has 6 heteroatoms. The second-order valence-electron chi connectivity index (χ2n) is 6.18. The standard InChI is InChI=1S/C20H20ClN3O2/c1-4-6-7-14-12(3)15(11-22)18-19(17(14)21)24-9-8-13(10-16(24)23-18)20(25)26-5-2/h8-10H,4-7H2,1-3H3. The van der Waals surface area contributed by atoms with Crippen LogP contribution >= 0.6 is 11.6 Å². The number of fused-ring (bicyclic) bond motifs is 3. The minimum Gasteiger partial charge on any atom is -0.462 e. The van der Waals surface area contributed by atoms with Gasteiger partial charge in [0.25, 0.3) is 0 Å². The van der Waals surface area contributed by atoms with Crippen molar-refractivity contribution in [3.05, 3.63) is 45.6 Å². The summed E-state index contributed by atoms with van der Waals surface area (Å²) in [6, 6.07) is 5.62. The van der Waals surface area contributed by atoms with Crippen LogP contribution in [0, 0.1) is 18.3 Å². The van der Waals surface area contributed by atoms with Crippen molar-refractivity contribution < 1.29 is 9.53 Å². The van der Waals surface area contributed by atoms with E-state index in [4.69, 9.17) is 16.3 Å². The lowest BCUT2D eigenvalue weighted by Gasteiger charge is -2.11. The van der Waals surface area contributed by atoms with E-state index in [2.05, 4.69) is 18.0 Å². The molecular weight excluding hydrogens is 350 g/mol. The Labute approximate surface area is 157 Å². The zero-order valence-electron chi connectivity index (χ0n) is 15.1. The van der Waals surface area contributed by atoms with Crippen LogP contribution in [0.4, 0.5) is 0 Å². The Morgan fingerprint density at radius 1 is 1.42 bits per heavy atom. The van der Waals surface area contributed by atoms with Crippen molar-refractivity contribution in [2.75, 3.05) is 6.61 Å². The quantitative estimate of drug-likeness (QED) is 0.603. The van der Waals surface area contributed by atoms with Crippen LogP contribution in [0.25, 0.3) is 16.7 Å². The molecule has 0 fully saturated rings. The summed E-state index contributed by atoms with van der Waals surface area (Å²) in [4.78, 5) is 16.6. The number of hydrogen-bond acceptors (Lipinski definition) is 4. The molecule has 0 aliphatic rings. The third-order valence-electron chi connectivity index (χ3n) is 4.57. The van der Waals surface area contributed by atoms with E-state index in [9.17, 15) is 10.1 Å². The Hall–Kier alpha value is -2.58. The molecular formula is C20H20ClN3O2. The third-order valence-corrected chi connectivity index (χ3v) is 4.97. The number of carbonyl (C=O) groups excluding carboxylic acids is 1. The van der Waals surface area contributed by atoms with Crippen LogP contribution in [0.1, 0.15) is 53.7 Å². The lowest BCUT2D eigenvalue weighted by atomic mass is 9.97. The van der Waals surface area contributed by atoms with Crippen LogP contribution in [0.2, 0.25) is 5.02 Å². The molecule has 0 aliphatic carbocycles. The van der Waals surface area contributed by atoms with Crippen LogP contribution in [-0.2, 0) is 11.2 Å². The first-order valence-corrected chi connectivity index (χ1v) is 9.11. The van der Waals surface area contributed by atoms with E-state index in [0.29, 0.717) is 39.4 Å². The van der Waals surface area contributed by atoms with Gasteiger partial charge in [-0.25, -0.2) is 9.78 Å². The molecule has 0 amide bonds. The van der Waals surface area contributed by atoms with Gasteiger partial charge in [-0.1, -0.05) is 24.9 Å². The number of ether oxygens (including phenoxy) is 1. The van der Waals surface area contributed by atoms with Crippen LogP contribution in [0.15, 0.2) is 18.3 Å². The third kappa shape index (κ3) is 2.91. The van der Waals surface area contributed by atoms with Crippen molar-refractivity contribution in [3.8, 4) is 6.07 Å². The average Bonchev–Trinajstić information content (AvgIpc) is 3.00. The van der Waals surface area contributed by atoms with Crippen molar-refractivity contribution in [1.29, 1.82) is 5.26 Å². The molecule has 0 spiro atoms. The molecule has 0 unspecified atom stereocenters. The number of carbonyl (C=O) groups is 1. The Balaban J connectivity index is 2.30. The van der Waals surface area contributed by atoms with Crippen molar-refractivity contribution >= 4 is 34.3 Å². The van der Waals surface area contributed by atoms with E-state index >= 15 is 0 Å². The van der Waals surface area contributed by atoms with E-state index in [1.807, 2.05) is 11.3 Å². The number of unbranched alkanes of at least 4 members (excludes halogenated alkanes) is 1. The first-order chi connectivity index (χ1) is 12.5. The lowest BCUT2D eigenvalue weighted by Crippen LogP contribution is -2.05. The van der Waals surface area contributed by atoms with Gasteiger partial charge in [0.1, 0.15) is 17.2 Å². The van der Waals surface area contributed by atoms with Gasteiger partial charge in [-0.15, -0.1) is 0 Å². The van der Waals surface area contributed by atoms with E-state index in [0.717, 1.165) is 30.4 Å². The normalized spacial score (nSPS) is 11.0. The second kappa shape index (κ2) is 7.35. The van der Waals surface area contributed by atoms with Crippen LogP contribution in [0.5, 0.6) is 0 Å². The minimum atomic E-state index is -0.395. The summed E-state index contributed by atoms with van der Waals surface area (Å²) in [7, 11) is 0. The van der Waals surface area contributed by atoms with Gasteiger partial charge in [-0.2, -0.15) is 5.26 Å². The SMILES string of the molecule is CCCCc1c(C)c(C#N)c2nc3cc(C(=O)OCC)ccn3c2c1Cl. The highest BCUT2D eigenvalue weighted by atomic mass is 35.5.